The van der Waals surface area contributed by atoms with Crippen LogP contribution in [0.25, 0.3) is 0 Å². The van der Waals surface area contributed by atoms with E-state index in [1.54, 1.807) is 0 Å². The highest BCUT2D eigenvalue weighted by Crippen LogP contribution is 2.36. The summed E-state index contributed by atoms with van der Waals surface area (Å²) in [6.07, 6.45) is 8.58. The van der Waals surface area contributed by atoms with Gasteiger partial charge in [-0.1, -0.05) is 32.8 Å². The fraction of sp³-hybridized carbons (Fsp3) is 0.688. The first-order chi connectivity index (χ1) is 8.81. The first kappa shape index (κ1) is 13.5. The van der Waals surface area contributed by atoms with Crippen LogP contribution >= 0.6 is 0 Å². The van der Waals surface area contributed by atoms with Crippen molar-refractivity contribution < 1.29 is 0 Å². The van der Waals surface area contributed by atoms with Gasteiger partial charge in [-0.3, -0.25) is 4.98 Å². The van der Waals surface area contributed by atoms with E-state index in [2.05, 4.69) is 36.3 Å². The smallest absolute Gasteiger partial charge is 0.0576 e. The summed E-state index contributed by atoms with van der Waals surface area (Å²) in [4.78, 5) is 4.57. The minimum Gasteiger partial charge on any atom is -0.308 e. The van der Waals surface area contributed by atoms with Gasteiger partial charge in [0.15, 0.2) is 0 Å². The molecule has 1 saturated carbocycles. The maximum Gasteiger partial charge on any atom is 0.0576 e. The summed E-state index contributed by atoms with van der Waals surface area (Å²) in [6.45, 7) is 5.71. The standard InChI is InChI=1S/C16H26N2/c1-3-10-18-16(15-9-4-5-11-17-15)14-8-6-7-13(2)12-14/h4-5,9,11,13-14,16,18H,3,6-8,10,12H2,1-2H3. The van der Waals surface area contributed by atoms with Crippen molar-refractivity contribution in [2.45, 2.75) is 52.0 Å². The zero-order valence-corrected chi connectivity index (χ0v) is 11.7. The molecule has 0 radical (unpaired) electrons. The van der Waals surface area contributed by atoms with E-state index in [0.29, 0.717) is 6.04 Å². The zero-order chi connectivity index (χ0) is 12.8. The number of nitrogens with zero attached hydrogens (tertiary/aromatic N) is 1. The summed E-state index contributed by atoms with van der Waals surface area (Å²) in [6, 6.07) is 6.74. The van der Waals surface area contributed by atoms with Gasteiger partial charge in [0.25, 0.3) is 0 Å². The Morgan fingerprint density at radius 2 is 2.28 bits per heavy atom. The number of aromatic nitrogens is 1. The molecule has 1 fully saturated rings. The molecule has 1 aliphatic rings. The summed E-state index contributed by atoms with van der Waals surface area (Å²) in [5, 5.41) is 3.71. The van der Waals surface area contributed by atoms with Crippen LogP contribution in [-0.2, 0) is 0 Å². The molecule has 2 rings (SSSR count). The van der Waals surface area contributed by atoms with Crippen LogP contribution in [0.2, 0.25) is 0 Å². The van der Waals surface area contributed by atoms with E-state index in [0.717, 1.165) is 18.4 Å². The van der Waals surface area contributed by atoms with Gasteiger partial charge in [-0.15, -0.1) is 0 Å². The summed E-state index contributed by atoms with van der Waals surface area (Å²) >= 11 is 0. The van der Waals surface area contributed by atoms with Gasteiger partial charge in [-0.05, 0) is 49.8 Å². The molecule has 1 aromatic rings. The van der Waals surface area contributed by atoms with E-state index in [4.69, 9.17) is 0 Å². The molecular weight excluding hydrogens is 220 g/mol. The predicted molar refractivity (Wildman–Crippen MR) is 76.4 cm³/mol. The SMILES string of the molecule is CCCNC(c1ccccn1)C1CCCC(C)C1. The van der Waals surface area contributed by atoms with Crippen molar-refractivity contribution in [1.82, 2.24) is 10.3 Å². The van der Waals surface area contributed by atoms with Crippen molar-refractivity contribution >= 4 is 0 Å². The third-order valence-corrected chi connectivity index (χ3v) is 4.07. The Hall–Kier alpha value is -0.890. The lowest BCUT2D eigenvalue weighted by atomic mass is 9.77. The van der Waals surface area contributed by atoms with Crippen molar-refractivity contribution in [2.24, 2.45) is 11.8 Å². The molecule has 2 nitrogen and oxygen atoms in total. The minimum atomic E-state index is 0.453. The third-order valence-electron chi connectivity index (χ3n) is 4.07. The highest BCUT2D eigenvalue weighted by Gasteiger charge is 2.27. The lowest BCUT2D eigenvalue weighted by molar-refractivity contribution is 0.221. The Bertz CT molecular complexity index is 336. The molecule has 1 heterocycles. The number of nitrogens with one attached hydrogen (secondary N) is 1. The largest absolute Gasteiger partial charge is 0.308 e. The molecule has 3 unspecified atom stereocenters. The molecule has 0 saturated heterocycles. The van der Waals surface area contributed by atoms with E-state index in [-0.39, 0.29) is 0 Å². The topological polar surface area (TPSA) is 24.9 Å². The lowest BCUT2D eigenvalue weighted by Crippen LogP contribution is -2.32. The van der Waals surface area contributed by atoms with Crippen LogP contribution in [0.5, 0.6) is 0 Å². The van der Waals surface area contributed by atoms with Crippen LogP contribution in [0.1, 0.15) is 57.7 Å². The van der Waals surface area contributed by atoms with Gasteiger partial charge >= 0.3 is 0 Å². The highest BCUT2D eigenvalue weighted by molar-refractivity contribution is 5.10. The second-order valence-electron chi connectivity index (χ2n) is 5.72. The van der Waals surface area contributed by atoms with Crippen LogP contribution in [0.15, 0.2) is 24.4 Å². The van der Waals surface area contributed by atoms with E-state index >= 15 is 0 Å². The fourth-order valence-corrected chi connectivity index (χ4v) is 3.16. The van der Waals surface area contributed by atoms with Crippen LogP contribution in [0.3, 0.4) is 0 Å². The molecular formula is C16H26N2. The Labute approximate surface area is 111 Å². The van der Waals surface area contributed by atoms with Crippen LogP contribution in [0.4, 0.5) is 0 Å². The third kappa shape index (κ3) is 3.55. The normalized spacial score (nSPS) is 25.9. The van der Waals surface area contributed by atoms with Gasteiger partial charge in [-0.25, -0.2) is 0 Å². The van der Waals surface area contributed by atoms with Crippen molar-refractivity contribution in [2.75, 3.05) is 6.54 Å². The molecule has 1 N–H and O–H groups in total. The molecule has 1 aromatic heterocycles. The van der Waals surface area contributed by atoms with E-state index in [1.165, 1.54) is 37.8 Å². The average Bonchev–Trinajstić information content (AvgIpc) is 2.40. The molecule has 0 bridgehead atoms. The molecule has 1 aliphatic carbocycles. The maximum absolute atomic E-state index is 4.57. The second-order valence-corrected chi connectivity index (χ2v) is 5.72. The van der Waals surface area contributed by atoms with Crippen molar-refractivity contribution in [1.29, 1.82) is 0 Å². The molecule has 3 atom stereocenters. The van der Waals surface area contributed by atoms with Gasteiger partial charge in [-0.2, -0.15) is 0 Å². The summed E-state index contributed by atoms with van der Waals surface area (Å²) < 4.78 is 0. The predicted octanol–water partition coefficient (Wildman–Crippen LogP) is 3.95. The van der Waals surface area contributed by atoms with Crippen molar-refractivity contribution in [3.63, 3.8) is 0 Å². The van der Waals surface area contributed by atoms with Crippen LogP contribution < -0.4 is 5.32 Å². The Balaban J connectivity index is 2.09. The highest BCUT2D eigenvalue weighted by atomic mass is 14.9. The summed E-state index contributed by atoms with van der Waals surface area (Å²) in [5.41, 5.74) is 1.23. The average molecular weight is 246 g/mol. The number of pyridine rings is 1. The molecule has 0 spiro atoms. The van der Waals surface area contributed by atoms with Gasteiger partial charge in [0.05, 0.1) is 11.7 Å². The van der Waals surface area contributed by atoms with Gasteiger partial charge in [0, 0.05) is 6.20 Å². The first-order valence-electron chi connectivity index (χ1n) is 7.45. The van der Waals surface area contributed by atoms with Crippen molar-refractivity contribution in [3.05, 3.63) is 30.1 Å². The summed E-state index contributed by atoms with van der Waals surface area (Å²) in [5.74, 6) is 1.63. The van der Waals surface area contributed by atoms with Gasteiger partial charge in [0.1, 0.15) is 0 Å². The Kier molecular flexibility index (Phi) is 5.18. The second kappa shape index (κ2) is 6.89. The molecule has 18 heavy (non-hydrogen) atoms. The first-order valence-corrected chi connectivity index (χ1v) is 7.45. The van der Waals surface area contributed by atoms with Gasteiger partial charge < -0.3 is 5.32 Å². The zero-order valence-electron chi connectivity index (χ0n) is 11.7. The number of rotatable bonds is 5. The number of hydrogen-bond acceptors (Lipinski definition) is 2. The quantitative estimate of drug-likeness (QED) is 0.851. The molecule has 0 aliphatic heterocycles. The molecule has 2 heteroatoms. The molecule has 0 aromatic carbocycles. The van der Waals surface area contributed by atoms with E-state index < -0.39 is 0 Å². The monoisotopic (exact) mass is 246 g/mol. The van der Waals surface area contributed by atoms with Crippen LogP contribution in [-0.4, -0.2) is 11.5 Å². The van der Waals surface area contributed by atoms with E-state index in [9.17, 15) is 0 Å². The number of hydrogen-bond donors (Lipinski definition) is 1. The van der Waals surface area contributed by atoms with Crippen molar-refractivity contribution in [3.8, 4) is 0 Å². The fourth-order valence-electron chi connectivity index (χ4n) is 3.16. The summed E-state index contributed by atoms with van der Waals surface area (Å²) in [7, 11) is 0. The Morgan fingerprint density at radius 1 is 1.39 bits per heavy atom. The van der Waals surface area contributed by atoms with E-state index in [1.807, 2.05) is 12.3 Å². The molecule has 0 amide bonds. The molecule has 100 valence electrons. The minimum absolute atomic E-state index is 0.453. The van der Waals surface area contributed by atoms with Gasteiger partial charge in [0.2, 0.25) is 0 Å². The Morgan fingerprint density at radius 3 is 2.94 bits per heavy atom. The van der Waals surface area contributed by atoms with Crippen LogP contribution in [0, 0.1) is 11.8 Å². The lowest BCUT2D eigenvalue weighted by Gasteiger charge is -2.33. The maximum atomic E-state index is 4.57.